The van der Waals surface area contributed by atoms with Crippen molar-refractivity contribution in [1.29, 1.82) is 0 Å². The molecule has 0 saturated carbocycles. The Morgan fingerprint density at radius 1 is 0.269 bits per heavy atom. The maximum absolute atomic E-state index is 15.6. The predicted molar refractivity (Wildman–Crippen MR) is 349 cm³/mol. The van der Waals surface area contributed by atoms with Crippen LogP contribution in [0.25, 0.3) is 0 Å². The minimum atomic E-state index is -2.67. The minimum Gasteiger partial charge on any atom is -0.402 e. The Hall–Kier alpha value is -2.52. The molecule has 0 saturated heterocycles. The molecule has 0 spiro atoms. The van der Waals surface area contributed by atoms with Crippen LogP contribution in [0, 0.1) is 0 Å². The van der Waals surface area contributed by atoms with Crippen molar-refractivity contribution in [3.05, 3.63) is 86.5 Å². The van der Waals surface area contributed by atoms with Crippen molar-refractivity contribution in [3.8, 4) is 0 Å². The fourth-order valence-electron chi connectivity index (χ4n) is 12.5. The molecule has 0 N–H and O–H groups in total. The number of hydrogen-bond donors (Lipinski definition) is 0. The molecule has 0 heterocycles. The molecule has 3 heteroatoms. The van der Waals surface area contributed by atoms with E-state index in [1.807, 2.05) is 0 Å². The number of carbonyl (C=O) groups excluding carboxylic acids is 1. The van der Waals surface area contributed by atoms with E-state index in [1.165, 1.54) is 296 Å². The first-order valence-electron chi connectivity index (χ1n) is 34.8. The Balaban J connectivity index is 2.95. The van der Waals surface area contributed by atoms with E-state index in [2.05, 4.69) is 106 Å². The fraction of sp³-hybridized carbons (Fsp3) is 0.747. The summed E-state index contributed by atoms with van der Waals surface area (Å²) in [5.74, 6) is -0.00229. The molecule has 0 bridgehead atoms. The van der Waals surface area contributed by atoms with Crippen molar-refractivity contribution >= 4 is 16.3 Å². The molecule has 0 atom stereocenters. The molecule has 446 valence electrons. The molecular weight excluding hydrogens is 965 g/mol. The summed E-state index contributed by atoms with van der Waals surface area (Å²) in [5.41, 5.74) is 13.8. The van der Waals surface area contributed by atoms with Crippen molar-refractivity contribution in [3.63, 3.8) is 0 Å². The minimum absolute atomic E-state index is 0.00229. The number of rotatable bonds is 50. The molecule has 3 aromatic rings. The molecule has 0 amide bonds. The maximum atomic E-state index is 15.6. The molecular formula is C75H128O2S. The average Bonchev–Trinajstić information content (AvgIpc) is 3.64. The van der Waals surface area contributed by atoms with Crippen LogP contribution in [0.4, 0.5) is 0 Å². The highest BCUT2D eigenvalue weighted by Gasteiger charge is 2.45. The van der Waals surface area contributed by atoms with Crippen LogP contribution in [0.15, 0.2) is 51.1 Å². The maximum Gasteiger partial charge on any atom is 0.316 e. The summed E-state index contributed by atoms with van der Waals surface area (Å²) in [6.45, 7) is 23.3. The van der Waals surface area contributed by atoms with Crippen molar-refractivity contribution in [2.45, 2.75) is 379 Å². The Morgan fingerprint density at radius 2 is 0.449 bits per heavy atom. The van der Waals surface area contributed by atoms with Crippen LogP contribution in [0.3, 0.4) is 0 Å². The zero-order chi connectivity index (χ0) is 56.5. The van der Waals surface area contributed by atoms with E-state index in [4.69, 9.17) is 4.18 Å². The van der Waals surface area contributed by atoms with Gasteiger partial charge < -0.3 is 4.18 Å². The standard InChI is InChI=1S/C75H128O2S/c1-11-21-30-39-48-63-57-66(51-42-33-24-14-4)73(67(58-63)52-43-34-25-15-5)78(77-72(76)20-10,74-68(53-44-35-26-16-6)59-64(49-40-31-22-12-2)60-69(74)54-45-36-27-17-7)75-70(55-46-37-28-18-8)61-65(50-41-32-23-13-3)62-71(75)56-47-38-29-19-9/h57-62H,11-56H2,1-10H3. The summed E-state index contributed by atoms with van der Waals surface area (Å²) in [6, 6.07) is 16.3. The molecule has 0 unspecified atom stereocenters. The van der Waals surface area contributed by atoms with Crippen LogP contribution in [-0.2, 0) is 66.8 Å². The van der Waals surface area contributed by atoms with E-state index < -0.39 is 10.3 Å². The van der Waals surface area contributed by atoms with Gasteiger partial charge in [0, 0.05) is 21.1 Å². The van der Waals surface area contributed by atoms with Gasteiger partial charge in [-0.3, -0.25) is 4.79 Å². The highest BCUT2D eigenvalue weighted by molar-refractivity contribution is 8.30. The highest BCUT2D eigenvalue weighted by atomic mass is 32.3. The van der Waals surface area contributed by atoms with Gasteiger partial charge in [-0.1, -0.05) is 279 Å². The molecule has 0 aromatic heterocycles. The monoisotopic (exact) mass is 1090 g/mol. The summed E-state index contributed by atoms with van der Waals surface area (Å²) >= 11 is 0. The first-order valence-corrected chi connectivity index (χ1v) is 36.3. The van der Waals surface area contributed by atoms with E-state index in [1.54, 1.807) is 0 Å². The van der Waals surface area contributed by atoms with Crippen LogP contribution in [0.1, 0.15) is 357 Å². The molecule has 2 nitrogen and oxygen atoms in total. The molecule has 0 aliphatic carbocycles. The van der Waals surface area contributed by atoms with Gasteiger partial charge in [0.25, 0.3) is 0 Å². The van der Waals surface area contributed by atoms with Crippen molar-refractivity contribution in [1.82, 2.24) is 0 Å². The predicted octanol–water partition coefficient (Wildman–Crippen LogP) is 24.9. The van der Waals surface area contributed by atoms with Gasteiger partial charge in [-0.05, 0) is 176 Å². The first kappa shape index (κ1) is 69.7. The Labute approximate surface area is 488 Å². The fourth-order valence-corrected chi connectivity index (χ4v) is 16.9. The normalized spacial score (nSPS) is 12.0. The second kappa shape index (κ2) is 44.1. The van der Waals surface area contributed by atoms with Gasteiger partial charge in [0.1, 0.15) is 0 Å². The summed E-state index contributed by atoms with van der Waals surface area (Å²) in [7, 11) is -2.67. The lowest BCUT2D eigenvalue weighted by atomic mass is 9.94. The summed E-state index contributed by atoms with van der Waals surface area (Å²) in [5, 5.41) is 0. The highest BCUT2D eigenvalue weighted by Crippen LogP contribution is 2.75. The van der Waals surface area contributed by atoms with E-state index >= 15 is 4.79 Å². The van der Waals surface area contributed by atoms with Crippen LogP contribution in [-0.4, -0.2) is 5.97 Å². The third kappa shape index (κ3) is 24.9. The van der Waals surface area contributed by atoms with E-state index in [0.717, 1.165) is 57.8 Å². The van der Waals surface area contributed by atoms with Crippen LogP contribution >= 0.6 is 10.3 Å². The van der Waals surface area contributed by atoms with Crippen LogP contribution in [0.5, 0.6) is 0 Å². The van der Waals surface area contributed by atoms with E-state index in [0.29, 0.717) is 6.42 Å². The van der Waals surface area contributed by atoms with Gasteiger partial charge in [-0.15, -0.1) is 0 Å². The zero-order valence-corrected chi connectivity index (χ0v) is 54.5. The Bertz CT molecular complexity index is 1680. The summed E-state index contributed by atoms with van der Waals surface area (Å²) in [6.07, 6.45) is 55.0. The molecule has 0 aliphatic rings. The summed E-state index contributed by atoms with van der Waals surface area (Å²) < 4.78 is 8.26. The molecule has 0 aliphatic heterocycles. The largest absolute Gasteiger partial charge is 0.402 e. The average molecular weight is 1090 g/mol. The van der Waals surface area contributed by atoms with Crippen molar-refractivity contribution in [2.24, 2.45) is 0 Å². The number of unbranched alkanes of at least 4 members (excludes halogenated alkanes) is 27. The lowest BCUT2D eigenvalue weighted by Crippen LogP contribution is -2.22. The lowest BCUT2D eigenvalue weighted by Gasteiger charge is -2.47. The molecule has 3 rings (SSSR count). The van der Waals surface area contributed by atoms with Crippen LogP contribution in [0.2, 0.25) is 0 Å². The quantitative estimate of drug-likeness (QED) is 0.0527. The number of aryl methyl sites for hydroxylation is 9. The van der Waals surface area contributed by atoms with Gasteiger partial charge in [-0.2, -0.15) is 0 Å². The molecule has 3 aromatic carbocycles. The number of hydrogen-bond acceptors (Lipinski definition) is 2. The number of benzene rings is 3. The van der Waals surface area contributed by atoms with Gasteiger partial charge in [0.05, 0.1) is 0 Å². The third-order valence-electron chi connectivity index (χ3n) is 17.0. The van der Waals surface area contributed by atoms with E-state index in [-0.39, 0.29) is 5.97 Å². The second-order valence-electron chi connectivity index (χ2n) is 24.4. The first-order chi connectivity index (χ1) is 38.3. The van der Waals surface area contributed by atoms with Gasteiger partial charge >= 0.3 is 5.97 Å². The Kier molecular flexibility index (Phi) is 39.4. The third-order valence-corrected chi connectivity index (χ3v) is 20.8. The molecule has 0 radical (unpaired) electrons. The SMILES string of the molecule is CCCCCCc1cc(CCCCCC)c(S(OC(=O)CC)(c2c(CCCCCC)cc(CCCCCC)cc2CCCCCC)c2c(CCCCCC)cc(CCCCCC)cc2CCCCCC)c(CCCCCC)c1. The summed E-state index contributed by atoms with van der Waals surface area (Å²) in [4.78, 5) is 20.1. The van der Waals surface area contributed by atoms with Crippen LogP contribution < -0.4 is 0 Å². The van der Waals surface area contributed by atoms with Crippen molar-refractivity contribution < 1.29 is 8.98 Å². The lowest BCUT2D eigenvalue weighted by molar-refractivity contribution is -0.133. The van der Waals surface area contributed by atoms with Gasteiger partial charge in [0.2, 0.25) is 0 Å². The van der Waals surface area contributed by atoms with E-state index in [9.17, 15) is 0 Å². The molecule has 78 heavy (non-hydrogen) atoms. The van der Waals surface area contributed by atoms with Gasteiger partial charge in [-0.25, -0.2) is 0 Å². The van der Waals surface area contributed by atoms with Gasteiger partial charge in [0.15, 0.2) is 0 Å². The smallest absolute Gasteiger partial charge is 0.316 e. The number of carbonyl (C=O) groups is 1. The van der Waals surface area contributed by atoms with Crippen molar-refractivity contribution in [2.75, 3.05) is 0 Å². The molecule has 0 fully saturated rings. The topological polar surface area (TPSA) is 26.3 Å². The Morgan fingerprint density at radius 3 is 0.615 bits per heavy atom. The zero-order valence-electron chi connectivity index (χ0n) is 53.7. The second-order valence-corrected chi connectivity index (χ2v) is 26.9.